The maximum absolute atomic E-state index is 11.3. The van der Waals surface area contributed by atoms with Crippen molar-refractivity contribution in [2.75, 3.05) is 19.1 Å². The smallest absolute Gasteiger partial charge is 0.148 e. The van der Waals surface area contributed by atoms with E-state index in [9.17, 15) is 8.42 Å². The van der Waals surface area contributed by atoms with Crippen molar-refractivity contribution >= 4 is 9.84 Å². The average Bonchev–Trinajstić information content (AvgIpc) is 2.72. The number of hydrogen-bond donors (Lipinski definition) is 1. The van der Waals surface area contributed by atoms with Crippen LogP contribution in [0.5, 0.6) is 11.5 Å². The summed E-state index contributed by atoms with van der Waals surface area (Å²) < 4.78 is 33.7. The van der Waals surface area contributed by atoms with Gasteiger partial charge in [-0.1, -0.05) is 0 Å². The van der Waals surface area contributed by atoms with Crippen LogP contribution in [0.1, 0.15) is 25.0 Å². The van der Waals surface area contributed by atoms with Gasteiger partial charge in [-0.05, 0) is 26.0 Å². The van der Waals surface area contributed by atoms with Gasteiger partial charge in [-0.15, -0.1) is 0 Å². The second kappa shape index (κ2) is 6.23. The summed E-state index contributed by atoms with van der Waals surface area (Å²) in [6.45, 7) is 4.45. The first kappa shape index (κ1) is 16.1. The van der Waals surface area contributed by atoms with E-state index in [1.807, 2.05) is 26.0 Å². The molecule has 0 bridgehead atoms. The van der Waals surface area contributed by atoms with Gasteiger partial charge in [-0.3, -0.25) is 0 Å². The number of fused-ring (bicyclic) bond motifs is 1. The van der Waals surface area contributed by atoms with Crippen LogP contribution in [0.3, 0.4) is 0 Å². The highest BCUT2D eigenvalue weighted by Gasteiger charge is 2.22. The van der Waals surface area contributed by atoms with Gasteiger partial charge in [0, 0.05) is 36.4 Å². The Labute approximate surface area is 126 Å². The van der Waals surface area contributed by atoms with Gasteiger partial charge < -0.3 is 14.8 Å². The number of methoxy groups -OCH3 is 1. The van der Waals surface area contributed by atoms with E-state index in [4.69, 9.17) is 9.47 Å². The molecule has 0 radical (unpaired) electrons. The molecule has 0 saturated heterocycles. The molecule has 0 fully saturated rings. The van der Waals surface area contributed by atoms with E-state index >= 15 is 0 Å². The van der Waals surface area contributed by atoms with Gasteiger partial charge in [0.1, 0.15) is 27.4 Å². The molecule has 2 atom stereocenters. The summed E-state index contributed by atoms with van der Waals surface area (Å²) in [6.07, 6.45) is 2.33. The molecule has 0 saturated carbocycles. The van der Waals surface area contributed by atoms with Crippen molar-refractivity contribution < 1.29 is 17.9 Å². The number of ether oxygens (including phenoxy) is 2. The minimum absolute atomic E-state index is 0.113. The Hall–Kier alpha value is -1.27. The normalized spacial score (nSPS) is 19.0. The van der Waals surface area contributed by atoms with E-state index in [1.165, 1.54) is 6.26 Å². The predicted octanol–water partition coefficient (Wildman–Crippen LogP) is 1.54. The maximum Gasteiger partial charge on any atom is 0.148 e. The highest BCUT2D eigenvalue weighted by Crippen LogP contribution is 2.34. The van der Waals surface area contributed by atoms with Crippen LogP contribution < -0.4 is 14.8 Å². The van der Waals surface area contributed by atoms with Crippen LogP contribution in [0.25, 0.3) is 0 Å². The van der Waals surface area contributed by atoms with Crippen LogP contribution in [0, 0.1) is 0 Å². The third-order valence-corrected chi connectivity index (χ3v) is 4.60. The zero-order valence-electron chi connectivity index (χ0n) is 13.0. The number of rotatable bonds is 6. The molecular weight excluding hydrogens is 290 g/mol. The second-order valence-electron chi connectivity index (χ2n) is 5.78. The molecule has 0 aromatic heterocycles. The summed E-state index contributed by atoms with van der Waals surface area (Å²) in [7, 11) is -1.34. The highest BCUT2D eigenvalue weighted by molar-refractivity contribution is 7.90. The van der Waals surface area contributed by atoms with Crippen molar-refractivity contribution in [2.24, 2.45) is 0 Å². The fourth-order valence-electron chi connectivity index (χ4n) is 2.61. The van der Waals surface area contributed by atoms with Crippen LogP contribution >= 0.6 is 0 Å². The van der Waals surface area contributed by atoms with Crippen LogP contribution in [0.2, 0.25) is 0 Å². The number of hydrogen-bond acceptors (Lipinski definition) is 5. The molecule has 1 aromatic rings. The Morgan fingerprint density at radius 2 is 2.19 bits per heavy atom. The monoisotopic (exact) mass is 313 g/mol. The lowest BCUT2D eigenvalue weighted by Gasteiger charge is -2.15. The van der Waals surface area contributed by atoms with Gasteiger partial charge in [-0.25, -0.2) is 8.42 Å². The summed E-state index contributed by atoms with van der Waals surface area (Å²) in [4.78, 5) is 0. The third-order valence-electron chi connectivity index (χ3n) is 3.49. The van der Waals surface area contributed by atoms with E-state index in [0.717, 1.165) is 29.0 Å². The SMILES string of the molecule is COc1cc2c(cc1CNC(C)CS(C)(=O)=O)OC(C)C2. The molecule has 2 unspecified atom stereocenters. The average molecular weight is 313 g/mol. The van der Waals surface area contributed by atoms with Crippen LogP contribution in [-0.4, -0.2) is 39.7 Å². The molecule has 0 amide bonds. The first-order valence-electron chi connectivity index (χ1n) is 7.06. The largest absolute Gasteiger partial charge is 0.496 e. The Bertz CT molecular complexity index is 612. The van der Waals surface area contributed by atoms with E-state index in [2.05, 4.69) is 5.32 Å². The third kappa shape index (κ3) is 4.35. The predicted molar refractivity (Wildman–Crippen MR) is 82.8 cm³/mol. The Kier molecular flexibility index (Phi) is 4.78. The molecule has 1 aliphatic heterocycles. The van der Waals surface area contributed by atoms with Crippen molar-refractivity contribution in [1.29, 1.82) is 0 Å². The number of nitrogens with one attached hydrogen (secondary N) is 1. The molecule has 1 aliphatic rings. The zero-order valence-corrected chi connectivity index (χ0v) is 13.8. The van der Waals surface area contributed by atoms with E-state index < -0.39 is 9.84 Å². The first-order chi connectivity index (χ1) is 9.78. The molecule has 0 spiro atoms. The lowest BCUT2D eigenvalue weighted by atomic mass is 10.1. The van der Waals surface area contributed by atoms with Crippen LogP contribution in [-0.2, 0) is 22.8 Å². The summed E-state index contributed by atoms with van der Waals surface area (Å²) >= 11 is 0. The quantitative estimate of drug-likeness (QED) is 0.863. The van der Waals surface area contributed by atoms with E-state index in [1.54, 1.807) is 7.11 Å². The standard InChI is InChI=1S/C15H23NO4S/c1-10(9-21(4,17)18)16-8-13-7-15-12(5-11(2)20-15)6-14(13)19-3/h6-7,10-11,16H,5,8-9H2,1-4H3. The molecule has 21 heavy (non-hydrogen) atoms. The van der Waals surface area contributed by atoms with Gasteiger partial charge in [0.2, 0.25) is 0 Å². The topological polar surface area (TPSA) is 64.6 Å². The van der Waals surface area contributed by atoms with Crippen molar-refractivity contribution in [3.05, 3.63) is 23.3 Å². The fraction of sp³-hybridized carbons (Fsp3) is 0.600. The van der Waals surface area contributed by atoms with Crippen molar-refractivity contribution in [1.82, 2.24) is 5.32 Å². The van der Waals surface area contributed by atoms with Crippen LogP contribution in [0.15, 0.2) is 12.1 Å². The molecule has 5 nitrogen and oxygen atoms in total. The van der Waals surface area contributed by atoms with Crippen molar-refractivity contribution in [3.63, 3.8) is 0 Å². The van der Waals surface area contributed by atoms with Crippen molar-refractivity contribution in [3.8, 4) is 11.5 Å². The highest BCUT2D eigenvalue weighted by atomic mass is 32.2. The molecule has 1 N–H and O–H groups in total. The van der Waals surface area contributed by atoms with Gasteiger partial charge in [0.25, 0.3) is 0 Å². The van der Waals surface area contributed by atoms with E-state index in [-0.39, 0.29) is 17.9 Å². The summed E-state index contributed by atoms with van der Waals surface area (Å²) in [5, 5.41) is 3.22. The lowest BCUT2D eigenvalue weighted by molar-refractivity contribution is 0.254. The molecular formula is C15H23NO4S. The van der Waals surface area contributed by atoms with E-state index in [0.29, 0.717) is 6.54 Å². The molecule has 1 aromatic carbocycles. The summed E-state index contributed by atoms with van der Waals surface area (Å²) in [5.41, 5.74) is 2.14. The Balaban J connectivity index is 2.08. The second-order valence-corrected chi connectivity index (χ2v) is 7.96. The molecule has 6 heteroatoms. The van der Waals surface area contributed by atoms with Gasteiger partial charge in [0.15, 0.2) is 0 Å². The molecule has 118 valence electrons. The summed E-state index contributed by atoms with van der Waals surface area (Å²) in [5.74, 6) is 1.83. The number of sulfone groups is 1. The Morgan fingerprint density at radius 1 is 1.48 bits per heavy atom. The number of benzene rings is 1. The van der Waals surface area contributed by atoms with Gasteiger partial charge in [-0.2, -0.15) is 0 Å². The van der Waals surface area contributed by atoms with Gasteiger partial charge in [0.05, 0.1) is 12.9 Å². The maximum atomic E-state index is 11.3. The summed E-state index contributed by atoms with van der Waals surface area (Å²) in [6, 6.07) is 3.88. The minimum atomic E-state index is -2.98. The Morgan fingerprint density at radius 3 is 2.81 bits per heavy atom. The fourth-order valence-corrected chi connectivity index (χ4v) is 3.63. The molecule has 1 heterocycles. The van der Waals surface area contributed by atoms with Gasteiger partial charge >= 0.3 is 0 Å². The molecule has 0 aliphatic carbocycles. The molecule has 2 rings (SSSR count). The zero-order chi connectivity index (χ0) is 15.6. The van der Waals surface area contributed by atoms with Crippen LogP contribution in [0.4, 0.5) is 0 Å². The first-order valence-corrected chi connectivity index (χ1v) is 9.12. The lowest BCUT2D eigenvalue weighted by Crippen LogP contribution is -2.32. The minimum Gasteiger partial charge on any atom is -0.496 e. The van der Waals surface area contributed by atoms with Crippen molar-refractivity contribution in [2.45, 2.75) is 39.0 Å².